The van der Waals surface area contributed by atoms with E-state index in [-0.39, 0.29) is 6.61 Å². The third-order valence-electron chi connectivity index (χ3n) is 2.80. The molecule has 8 nitrogen and oxygen atoms in total. The minimum Gasteiger partial charge on any atom is -0.464 e. The van der Waals surface area contributed by atoms with Crippen molar-refractivity contribution in [1.29, 1.82) is 0 Å². The molecule has 0 fully saturated rings. The summed E-state index contributed by atoms with van der Waals surface area (Å²) in [7, 11) is 1.40. The summed E-state index contributed by atoms with van der Waals surface area (Å²) >= 11 is 0. The van der Waals surface area contributed by atoms with Crippen LogP contribution in [0, 0.1) is 0 Å². The van der Waals surface area contributed by atoms with Gasteiger partial charge in [0.25, 0.3) is 0 Å². The van der Waals surface area contributed by atoms with E-state index in [0.717, 1.165) is 12.8 Å². The molecular formula is C16H30N2O6. The summed E-state index contributed by atoms with van der Waals surface area (Å²) in [5.74, 6) is -1.08. The number of methoxy groups -OCH3 is 1. The van der Waals surface area contributed by atoms with E-state index in [4.69, 9.17) is 14.2 Å². The summed E-state index contributed by atoms with van der Waals surface area (Å²) in [6.07, 6.45) is 0.931. The topological polar surface area (TPSA) is 103 Å². The van der Waals surface area contributed by atoms with Crippen LogP contribution >= 0.6 is 0 Å². The molecule has 0 radical (unpaired) electrons. The Bertz CT molecular complexity index is 419. The van der Waals surface area contributed by atoms with Crippen molar-refractivity contribution in [3.63, 3.8) is 0 Å². The van der Waals surface area contributed by atoms with Gasteiger partial charge in [0.2, 0.25) is 5.91 Å². The SMILES string of the molecule is CCCCOC(=O)[C@H](C)NC(=O)[C@H](COC)NC(=O)OC(C)(C)C. The fourth-order valence-corrected chi connectivity index (χ4v) is 1.61. The van der Waals surface area contributed by atoms with Crippen LogP contribution in [0.3, 0.4) is 0 Å². The van der Waals surface area contributed by atoms with Gasteiger partial charge in [-0.25, -0.2) is 9.59 Å². The van der Waals surface area contributed by atoms with Crippen LogP contribution in [0.2, 0.25) is 0 Å². The van der Waals surface area contributed by atoms with Crippen LogP contribution in [0.4, 0.5) is 4.79 Å². The molecule has 2 N–H and O–H groups in total. The number of alkyl carbamates (subject to hydrolysis) is 1. The van der Waals surface area contributed by atoms with Crippen molar-refractivity contribution in [2.75, 3.05) is 20.3 Å². The zero-order chi connectivity index (χ0) is 18.8. The Kier molecular flexibility index (Phi) is 10.0. The minimum absolute atomic E-state index is 0.0529. The maximum Gasteiger partial charge on any atom is 0.408 e. The van der Waals surface area contributed by atoms with Gasteiger partial charge < -0.3 is 24.8 Å². The highest BCUT2D eigenvalue weighted by atomic mass is 16.6. The van der Waals surface area contributed by atoms with E-state index >= 15 is 0 Å². The molecule has 0 aromatic heterocycles. The van der Waals surface area contributed by atoms with E-state index in [2.05, 4.69) is 10.6 Å². The maximum atomic E-state index is 12.2. The highest BCUT2D eigenvalue weighted by Crippen LogP contribution is 2.07. The molecule has 0 aliphatic heterocycles. The predicted molar refractivity (Wildman–Crippen MR) is 88.5 cm³/mol. The normalized spacial score (nSPS) is 13.6. The van der Waals surface area contributed by atoms with Crippen molar-refractivity contribution in [1.82, 2.24) is 10.6 Å². The van der Waals surface area contributed by atoms with Crippen LogP contribution in [-0.2, 0) is 23.8 Å². The van der Waals surface area contributed by atoms with Gasteiger partial charge in [0, 0.05) is 7.11 Å². The van der Waals surface area contributed by atoms with Crippen LogP contribution < -0.4 is 10.6 Å². The molecule has 0 unspecified atom stereocenters. The lowest BCUT2D eigenvalue weighted by molar-refractivity contribution is -0.147. The Labute approximate surface area is 143 Å². The van der Waals surface area contributed by atoms with Gasteiger partial charge in [-0.05, 0) is 34.1 Å². The maximum absolute atomic E-state index is 12.2. The molecule has 0 aliphatic carbocycles. The molecule has 0 aromatic carbocycles. The third kappa shape index (κ3) is 10.0. The van der Waals surface area contributed by atoms with Crippen molar-refractivity contribution in [2.45, 2.75) is 65.1 Å². The molecule has 0 saturated carbocycles. The van der Waals surface area contributed by atoms with Crippen LogP contribution in [0.5, 0.6) is 0 Å². The average molecular weight is 346 g/mol. The van der Waals surface area contributed by atoms with Crippen LogP contribution in [0.1, 0.15) is 47.5 Å². The van der Waals surface area contributed by atoms with E-state index in [1.165, 1.54) is 14.0 Å². The first-order chi connectivity index (χ1) is 11.1. The molecule has 140 valence electrons. The summed E-state index contributed by atoms with van der Waals surface area (Å²) in [6, 6.07) is -1.80. The lowest BCUT2D eigenvalue weighted by Gasteiger charge is -2.23. The Morgan fingerprint density at radius 2 is 1.75 bits per heavy atom. The lowest BCUT2D eigenvalue weighted by atomic mass is 10.2. The summed E-state index contributed by atoms with van der Waals surface area (Å²) < 4.78 is 15.1. The van der Waals surface area contributed by atoms with Crippen molar-refractivity contribution >= 4 is 18.0 Å². The van der Waals surface area contributed by atoms with Gasteiger partial charge >= 0.3 is 12.1 Å². The van der Waals surface area contributed by atoms with Gasteiger partial charge in [-0.3, -0.25) is 4.79 Å². The largest absolute Gasteiger partial charge is 0.464 e. The number of ether oxygens (including phenoxy) is 3. The number of hydrogen-bond acceptors (Lipinski definition) is 6. The average Bonchev–Trinajstić information content (AvgIpc) is 2.44. The quantitative estimate of drug-likeness (QED) is 0.483. The van der Waals surface area contributed by atoms with Crippen molar-refractivity contribution in [3.05, 3.63) is 0 Å². The molecular weight excluding hydrogens is 316 g/mol. The zero-order valence-electron chi connectivity index (χ0n) is 15.4. The number of unbranched alkanes of at least 4 members (excludes halogenated alkanes) is 1. The number of amides is 2. The number of rotatable bonds is 9. The Morgan fingerprint density at radius 1 is 1.12 bits per heavy atom. The molecule has 0 spiro atoms. The molecule has 8 heteroatoms. The van der Waals surface area contributed by atoms with E-state index < -0.39 is 35.7 Å². The van der Waals surface area contributed by atoms with Gasteiger partial charge in [0.15, 0.2) is 0 Å². The van der Waals surface area contributed by atoms with Crippen molar-refractivity contribution in [3.8, 4) is 0 Å². The zero-order valence-corrected chi connectivity index (χ0v) is 15.4. The molecule has 0 aromatic rings. The summed E-state index contributed by atoms with van der Waals surface area (Å²) in [5.41, 5.74) is -0.686. The number of nitrogens with one attached hydrogen (secondary N) is 2. The van der Waals surface area contributed by atoms with Gasteiger partial charge in [0.05, 0.1) is 13.2 Å². The molecule has 0 saturated heterocycles. The second-order valence-corrected chi connectivity index (χ2v) is 6.41. The van der Waals surface area contributed by atoms with Gasteiger partial charge in [-0.1, -0.05) is 13.3 Å². The Balaban J connectivity index is 4.57. The van der Waals surface area contributed by atoms with Gasteiger partial charge in [-0.2, -0.15) is 0 Å². The Morgan fingerprint density at radius 3 is 2.25 bits per heavy atom. The van der Waals surface area contributed by atoms with Crippen LogP contribution in [-0.4, -0.2) is 56.0 Å². The first-order valence-corrected chi connectivity index (χ1v) is 8.06. The van der Waals surface area contributed by atoms with E-state index in [9.17, 15) is 14.4 Å². The molecule has 0 rings (SSSR count). The second kappa shape index (κ2) is 10.9. The summed E-state index contributed by atoms with van der Waals surface area (Å²) in [6.45, 7) is 8.90. The van der Waals surface area contributed by atoms with Crippen LogP contribution in [0.25, 0.3) is 0 Å². The van der Waals surface area contributed by atoms with Crippen molar-refractivity contribution < 1.29 is 28.6 Å². The van der Waals surface area contributed by atoms with Gasteiger partial charge in [0.1, 0.15) is 17.7 Å². The number of hydrogen-bond donors (Lipinski definition) is 2. The first kappa shape index (κ1) is 22.2. The molecule has 24 heavy (non-hydrogen) atoms. The lowest BCUT2D eigenvalue weighted by Crippen LogP contribution is -2.53. The highest BCUT2D eigenvalue weighted by molar-refractivity contribution is 5.89. The monoisotopic (exact) mass is 346 g/mol. The number of esters is 1. The second-order valence-electron chi connectivity index (χ2n) is 6.41. The fraction of sp³-hybridized carbons (Fsp3) is 0.812. The number of carbonyl (C=O) groups excluding carboxylic acids is 3. The molecule has 2 atom stereocenters. The summed E-state index contributed by atoms with van der Waals surface area (Å²) in [4.78, 5) is 35.8. The van der Waals surface area contributed by atoms with E-state index in [1.807, 2.05) is 6.92 Å². The third-order valence-corrected chi connectivity index (χ3v) is 2.80. The molecule has 0 bridgehead atoms. The summed E-state index contributed by atoms with van der Waals surface area (Å²) in [5, 5.41) is 4.92. The Hall–Kier alpha value is -1.83. The van der Waals surface area contributed by atoms with E-state index in [0.29, 0.717) is 6.61 Å². The van der Waals surface area contributed by atoms with Crippen LogP contribution in [0.15, 0.2) is 0 Å². The predicted octanol–water partition coefficient (Wildman–Crippen LogP) is 1.37. The molecule has 2 amide bonds. The first-order valence-electron chi connectivity index (χ1n) is 8.06. The minimum atomic E-state index is -0.976. The standard InChI is InChI=1S/C16H30N2O6/c1-7-8-9-23-14(20)11(2)17-13(19)12(10-22-6)18-15(21)24-16(3,4)5/h11-12H,7-10H2,1-6H3,(H,17,19)(H,18,21)/t11-,12-/m0/s1. The fourth-order valence-electron chi connectivity index (χ4n) is 1.61. The smallest absolute Gasteiger partial charge is 0.408 e. The number of carbonyl (C=O) groups is 3. The van der Waals surface area contributed by atoms with E-state index in [1.54, 1.807) is 20.8 Å². The highest BCUT2D eigenvalue weighted by Gasteiger charge is 2.27. The molecule has 0 aliphatic rings. The van der Waals surface area contributed by atoms with Crippen molar-refractivity contribution in [2.24, 2.45) is 0 Å². The molecule has 0 heterocycles. The van der Waals surface area contributed by atoms with Gasteiger partial charge in [-0.15, -0.1) is 0 Å².